The van der Waals surface area contributed by atoms with Gasteiger partial charge in [0.15, 0.2) is 17.1 Å². The van der Waals surface area contributed by atoms with Crippen molar-refractivity contribution in [1.82, 2.24) is 14.9 Å². The Morgan fingerprint density at radius 1 is 1.28 bits per heavy atom. The van der Waals surface area contributed by atoms with Crippen LogP contribution < -0.4 is 5.32 Å². The number of nitrogens with one attached hydrogen (secondary N) is 1. The number of hydrogen-bond donors (Lipinski definition) is 1. The summed E-state index contributed by atoms with van der Waals surface area (Å²) in [6, 6.07) is 6.98. The van der Waals surface area contributed by atoms with E-state index in [4.69, 9.17) is 4.52 Å². The van der Waals surface area contributed by atoms with E-state index in [9.17, 15) is 14.0 Å². The first-order valence-electron chi connectivity index (χ1n) is 7.14. The van der Waals surface area contributed by atoms with E-state index >= 15 is 0 Å². The fourth-order valence-electron chi connectivity index (χ4n) is 2.19. The maximum absolute atomic E-state index is 13.0. The Labute approximate surface area is 141 Å². The van der Waals surface area contributed by atoms with Gasteiger partial charge in [-0.05, 0) is 24.3 Å². The first-order chi connectivity index (χ1) is 12.0. The molecule has 1 amide bonds. The number of rotatable bonds is 4. The van der Waals surface area contributed by atoms with Crippen molar-refractivity contribution in [3.63, 3.8) is 0 Å². The number of ether oxygens (including phenoxy) is 1. The number of anilines is 1. The van der Waals surface area contributed by atoms with Gasteiger partial charge in [-0.1, -0.05) is 5.16 Å². The smallest absolute Gasteiger partial charge is 0.358 e. The lowest BCUT2D eigenvalue weighted by atomic mass is 10.1. The van der Waals surface area contributed by atoms with Crippen molar-refractivity contribution >= 4 is 17.6 Å². The molecule has 2 heterocycles. The normalized spacial score (nSPS) is 10.5. The number of nitrogens with zero attached hydrogens (tertiary/aromatic N) is 3. The van der Waals surface area contributed by atoms with Crippen LogP contribution in [0.5, 0.6) is 0 Å². The predicted molar refractivity (Wildman–Crippen MR) is 84.4 cm³/mol. The molecular weight excluding hydrogens is 331 g/mol. The predicted octanol–water partition coefficient (Wildman–Crippen LogP) is 2.25. The van der Waals surface area contributed by atoms with Gasteiger partial charge in [-0.2, -0.15) is 5.10 Å². The highest BCUT2D eigenvalue weighted by molar-refractivity contribution is 6.06. The Hall–Kier alpha value is -3.49. The van der Waals surface area contributed by atoms with Crippen molar-refractivity contribution in [2.24, 2.45) is 7.05 Å². The summed E-state index contributed by atoms with van der Waals surface area (Å²) in [6.07, 6.45) is 1.32. The molecule has 8 nitrogen and oxygen atoms in total. The van der Waals surface area contributed by atoms with Gasteiger partial charge in [0, 0.05) is 18.7 Å². The third kappa shape index (κ3) is 3.25. The molecule has 1 N–H and O–H groups in total. The van der Waals surface area contributed by atoms with Crippen LogP contribution in [0.15, 0.2) is 41.1 Å². The van der Waals surface area contributed by atoms with Gasteiger partial charge in [-0.15, -0.1) is 0 Å². The zero-order chi connectivity index (χ0) is 18.0. The first-order valence-corrected chi connectivity index (χ1v) is 7.14. The Balaban J connectivity index is 1.81. The molecule has 0 aliphatic rings. The molecule has 1 aromatic carbocycles. The SMILES string of the molecule is COC(=O)c1c(NC(=O)c2cc(-c3ccc(F)cc3)on2)cnn1C. The summed E-state index contributed by atoms with van der Waals surface area (Å²) in [5, 5.41) is 10.1. The van der Waals surface area contributed by atoms with Crippen molar-refractivity contribution in [3.8, 4) is 11.3 Å². The minimum absolute atomic E-state index is 0.000932. The minimum Gasteiger partial charge on any atom is -0.464 e. The third-order valence-corrected chi connectivity index (χ3v) is 3.44. The highest BCUT2D eigenvalue weighted by Gasteiger charge is 2.21. The highest BCUT2D eigenvalue weighted by Crippen LogP contribution is 2.22. The lowest BCUT2D eigenvalue weighted by molar-refractivity contribution is 0.0589. The molecule has 0 fully saturated rings. The van der Waals surface area contributed by atoms with Crippen molar-refractivity contribution in [2.75, 3.05) is 12.4 Å². The lowest BCUT2D eigenvalue weighted by Crippen LogP contribution is -2.16. The van der Waals surface area contributed by atoms with E-state index in [1.54, 1.807) is 7.05 Å². The molecular formula is C16H13FN4O4. The molecule has 0 atom stereocenters. The van der Waals surface area contributed by atoms with E-state index < -0.39 is 11.9 Å². The number of aromatic nitrogens is 3. The largest absolute Gasteiger partial charge is 0.464 e. The molecule has 3 rings (SSSR count). The standard InChI is InChI=1S/C16H13FN4O4/c1-21-14(16(23)24-2)12(8-18-21)19-15(22)11-7-13(25-20-11)9-3-5-10(17)6-4-9/h3-8H,1-2H3,(H,19,22). The van der Waals surface area contributed by atoms with Gasteiger partial charge in [0.2, 0.25) is 0 Å². The number of methoxy groups -OCH3 is 1. The molecule has 9 heteroatoms. The number of carbonyl (C=O) groups is 2. The Kier molecular flexibility index (Phi) is 4.29. The number of esters is 1. The number of halogens is 1. The highest BCUT2D eigenvalue weighted by atomic mass is 19.1. The number of carbonyl (C=O) groups excluding carboxylic acids is 2. The van der Waals surface area contributed by atoms with Crippen LogP contribution in [0.2, 0.25) is 0 Å². The molecule has 0 spiro atoms. The van der Waals surface area contributed by atoms with Crippen LogP contribution in [-0.2, 0) is 11.8 Å². The number of aryl methyl sites for hydroxylation is 1. The van der Waals surface area contributed by atoms with Crippen molar-refractivity contribution < 1.29 is 23.2 Å². The fourth-order valence-corrected chi connectivity index (χ4v) is 2.19. The Morgan fingerprint density at radius 3 is 2.68 bits per heavy atom. The van der Waals surface area contributed by atoms with E-state index in [0.717, 1.165) is 0 Å². The third-order valence-electron chi connectivity index (χ3n) is 3.44. The second-order valence-corrected chi connectivity index (χ2v) is 5.06. The maximum Gasteiger partial charge on any atom is 0.358 e. The van der Waals surface area contributed by atoms with Crippen LogP contribution >= 0.6 is 0 Å². The summed E-state index contributed by atoms with van der Waals surface area (Å²) in [4.78, 5) is 24.1. The lowest BCUT2D eigenvalue weighted by Gasteiger charge is -2.04. The second kappa shape index (κ2) is 6.56. The summed E-state index contributed by atoms with van der Waals surface area (Å²) in [5.74, 6) is -1.30. The molecule has 0 bridgehead atoms. The summed E-state index contributed by atoms with van der Waals surface area (Å²) < 4.78 is 24.0. The fraction of sp³-hybridized carbons (Fsp3) is 0.125. The second-order valence-electron chi connectivity index (χ2n) is 5.06. The maximum atomic E-state index is 13.0. The average Bonchev–Trinajstić information content (AvgIpc) is 3.22. The average molecular weight is 344 g/mol. The summed E-state index contributed by atoms with van der Waals surface area (Å²) in [6.45, 7) is 0. The molecule has 25 heavy (non-hydrogen) atoms. The zero-order valence-corrected chi connectivity index (χ0v) is 13.3. The molecule has 0 saturated heterocycles. The van der Waals surface area contributed by atoms with E-state index in [2.05, 4.69) is 20.3 Å². The molecule has 128 valence electrons. The van der Waals surface area contributed by atoms with E-state index in [-0.39, 0.29) is 22.9 Å². The van der Waals surface area contributed by atoms with Crippen LogP contribution in [0.25, 0.3) is 11.3 Å². The van der Waals surface area contributed by atoms with Gasteiger partial charge in [0.1, 0.15) is 5.82 Å². The first kappa shape index (κ1) is 16.4. The van der Waals surface area contributed by atoms with Gasteiger partial charge in [0.25, 0.3) is 5.91 Å². The van der Waals surface area contributed by atoms with Crippen LogP contribution in [0, 0.1) is 5.82 Å². The zero-order valence-electron chi connectivity index (χ0n) is 13.3. The topological polar surface area (TPSA) is 99.2 Å². The Morgan fingerprint density at radius 2 is 2.00 bits per heavy atom. The van der Waals surface area contributed by atoms with Gasteiger partial charge >= 0.3 is 5.97 Å². The molecule has 0 radical (unpaired) electrons. The quantitative estimate of drug-likeness (QED) is 0.729. The monoisotopic (exact) mass is 344 g/mol. The van der Waals surface area contributed by atoms with Crippen LogP contribution in [-0.4, -0.2) is 33.9 Å². The number of amides is 1. The molecule has 0 unspecified atom stereocenters. The number of benzene rings is 1. The van der Waals surface area contributed by atoms with Gasteiger partial charge in [0.05, 0.1) is 19.0 Å². The van der Waals surface area contributed by atoms with Crippen molar-refractivity contribution in [1.29, 1.82) is 0 Å². The molecule has 0 aliphatic heterocycles. The molecule has 2 aromatic heterocycles. The van der Waals surface area contributed by atoms with E-state index in [1.807, 2.05) is 0 Å². The van der Waals surface area contributed by atoms with E-state index in [1.165, 1.54) is 48.3 Å². The summed E-state index contributed by atoms with van der Waals surface area (Å²) in [7, 11) is 2.78. The molecule has 0 aliphatic carbocycles. The molecule has 3 aromatic rings. The number of hydrogen-bond acceptors (Lipinski definition) is 6. The minimum atomic E-state index is -0.637. The van der Waals surface area contributed by atoms with Crippen molar-refractivity contribution in [2.45, 2.75) is 0 Å². The van der Waals surface area contributed by atoms with E-state index in [0.29, 0.717) is 11.3 Å². The van der Waals surface area contributed by atoms with Crippen LogP contribution in [0.4, 0.5) is 10.1 Å². The van der Waals surface area contributed by atoms with Crippen LogP contribution in [0.1, 0.15) is 21.0 Å². The Bertz CT molecular complexity index is 930. The van der Waals surface area contributed by atoms with Gasteiger partial charge in [-0.3, -0.25) is 9.48 Å². The van der Waals surface area contributed by atoms with Crippen LogP contribution in [0.3, 0.4) is 0 Å². The summed E-state index contributed by atoms with van der Waals surface area (Å²) >= 11 is 0. The molecule has 0 saturated carbocycles. The van der Waals surface area contributed by atoms with Gasteiger partial charge < -0.3 is 14.6 Å². The summed E-state index contributed by atoms with van der Waals surface area (Å²) in [5.41, 5.74) is 0.854. The van der Waals surface area contributed by atoms with Gasteiger partial charge in [-0.25, -0.2) is 9.18 Å². The van der Waals surface area contributed by atoms with Crippen molar-refractivity contribution in [3.05, 3.63) is 53.7 Å².